The van der Waals surface area contributed by atoms with Gasteiger partial charge in [0.2, 0.25) is 0 Å². The molecule has 2 rings (SSSR count). The monoisotopic (exact) mass is 291 g/mol. The highest BCUT2D eigenvalue weighted by atomic mass is 32.2. The van der Waals surface area contributed by atoms with Gasteiger partial charge < -0.3 is 10.1 Å². The smallest absolute Gasteiger partial charge is 0.308 e. The fourth-order valence-electron chi connectivity index (χ4n) is 2.54. The van der Waals surface area contributed by atoms with Crippen molar-refractivity contribution in [1.29, 1.82) is 0 Å². The highest BCUT2D eigenvalue weighted by Crippen LogP contribution is 2.20. The molecule has 2 aliphatic heterocycles. The van der Waals surface area contributed by atoms with Crippen LogP contribution in [-0.4, -0.2) is 58.0 Å². The quantitative estimate of drug-likeness (QED) is 0.653. The third kappa shape index (κ3) is 3.65. The number of nitrogens with one attached hydrogen (secondary N) is 2. The van der Waals surface area contributed by atoms with Crippen molar-refractivity contribution in [3.63, 3.8) is 0 Å². The molecule has 0 spiro atoms. The predicted octanol–water partition coefficient (Wildman–Crippen LogP) is -0.932. The molecule has 1 atom stereocenters. The lowest BCUT2D eigenvalue weighted by Crippen LogP contribution is -2.49. The van der Waals surface area contributed by atoms with Crippen molar-refractivity contribution in [3.8, 4) is 0 Å². The van der Waals surface area contributed by atoms with Crippen LogP contribution in [0.5, 0.6) is 0 Å². The van der Waals surface area contributed by atoms with E-state index in [2.05, 4.69) is 14.8 Å². The van der Waals surface area contributed by atoms with Gasteiger partial charge in [-0.1, -0.05) is 0 Å². The maximum atomic E-state index is 12.2. The van der Waals surface area contributed by atoms with E-state index in [4.69, 9.17) is 0 Å². The van der Waals surface area contributed by atoms with Crippen molar-refractivity contribution < 1.29 is 17.9 Å². The molecule has 0 bridgehead atoms. The van der Waals surface area contributed by atoms with E-state index in [1.807, 2.05) is 0 Å². The third-order valence-corrected chi connectivity index (χ3v) is 5.38. The molecular weight excluding hydrogens is 270 g/mol. The SMILES string of the molecule is COC(=O)C1CCN(S(=O)(=O)N[C@H]2CCNC2)CC1. The number of carbonyl (C=O) groups excluding carboxylic acids is 1. The summed E-state index contributed by atoms with van der Waals surface area (Å²) in [6.07, 6.45) is 1.87. The first-order valence-electron chi connectivity index (χ1n) is 6.59. The third-order valence-electron chi connectivity index (χ3n) is 3.70. The molecule has 0 aromatic rings. The molecule has 0 amide bonds. The Hall–Kier alpha value is -0.700. The lowest BCUT2D eigenvalue weighted by molar-refractivity contribution is -0.146. The maximum absolute atomic E-state index is 12.2. The van der Waals surface area contributed by atoms with Gasteiger partial charge in [0, 0.05) is 25.7 Å². The summed E-state index contributed by atoms with van der Waals surface area (Å²) in [4.78, 5) is 11.4. The summed E-state index contributed by atoms with van der Waals surface area (Å²) in [5, 5.41) is 3.12. The standard InChI is InChI=1S/C11H21N3O4S/c1-18-11(15)9-3-6-14(7-4-9)19(16,17)13-10-2-5-12-8-10/h9-10,12-13H,2-8H2,1H3/t10-/m0/s1. The number of ether oxygens (including phenoxy) is 1. The Kier molecular flexibility index (Phi) is 4.77. The summed E-state index contributed by atoms with van der Waals surface area (Å²) in [5.41, 5.74) is 0. The van der Waals surface area contributed by atoms with E-state index in [9.17, 15) is 13.2 Å². The Labute approximate surface area is 113 Å². The molecule has 0 aromatic heterocycles. The minimum absolute atomic E-state index is 0.0247. The van der Waals surface area contributed by atoms with Crippen LogP contribution in [0.2, 0.25) is 0 Å². The fourth-order valence-corrected chi connectivity index (χ4v) is 4.00. The number of hydrogen-bond donors (Lipinski definition) is 2. The first-order chi connectivity index (χ1) is 9.03. The molecule has 0 unspecified atom stereocenters. The van der Waals surface area contributed by atoms with Gasteiger partial charge >= 0.3 is 5.97 Å². The second-order valence-corrected chi connectivity index (χ2v) is 6.71. The average Bonchev–Trinajstić information content (AvgIpc) is 2.90. The van der Waals surface area contributed by atoms with Crippen molar-refractivity contribution >= 4 is 16.2 Å². The molecule has 19 heavy (non-hydrogen) atoms. The van der Waals surface area contributed by atoms with Gasteiger partial charge in [-0.25, -0.2) is 0 Å². The Morgan fingerprint density at radius 3 is 2.53 bits per heavy atom. The molecule has 110 valence electrons. The van der Waals surface area contributed by atoms with Gasteiger partial charge in [0.25, 0.3) is 10.2 Å². The minimum Gasteiger partial charge on any atom is -0.469 e. The van der Waals surface area contributed by atoms with Crippen LogP contribution >= 0.6 is 0 Å². The number of esters is 1. The van der Waals surface area contributed by atoms with Crippen LogP contribution in [0.25, 0.3) is 0 Å². The van der Waals surface area contributed by atoms with Crippen LogP contribution < -0.4 is 10.0 Å². The molecule has 8 heteroatoms. The normalized spacial score (nSPS) is 26.5. The van der Waals surface area contributed by atoms with Gasteiger partial charge in [-0.3, -0.25) is 4.79 Å². The second kappa shape index (κ2) is 6.17. The molecule has 2 fully saturated rings. The number of rotatable bonds is 4. The van der Waals surface area contributed by atoms with Crippen molar-refractivity contribution in [2.75, 3.05) is 33.3 Å². The number of hydrogen-bond acceptors (Lipinski definition) is 5. The Morgan fingerprint density at radius 2 is 2.00 bits per heavy atom. The first kappa shape index (κ1) is 14.7. The molecule has 0 saturated carbocycles. The predicted molar refractivity (Wildman–Crippen MR) is 69.6 cm³/mol. The van der Waals surface area contributed by atoms with Crippen molar-refractivity contribution in [2.24, 2.45) is 5.92 Å². The van der Waals surface area contributed by atoms with Crippen LogP contribution in [0.15, 0.2) is 0 Å². The summed E-state index contributed by atoms with van der Waals surface area (Å²) in [6, 6.07) is -0.0247. The summed E-state index contributed by atoms with van der Waals surface area (Å²) in [6.45, 7) is 2.26. The molecule has 2 aliphatic rings. The fraction of sp³-hybridized carbons (Fsp3) is 0.909. The van der Waals surface area contributed by atoms with Crippen molar-refractivity contribution in [3.05, 3.63) is 0 Å². The summed E-state index contributed by atoms with van der Waals surface area (Å²) in [5.74, 6) is -0.422. The largest absolute Gasteiger partial charge is 0.469 e. The van der Waals surface area contributed by atoms with Gasteiger partial charge in [-0.05, 0) is 25.8 Å². The summed E-state index contributed by atoms with van der Waals surface area (Å²) in [7, 11) is -2.07. The lowest BCUT2D eigenvalue weighted by atomic mass is 9.99. The number of methoxy groups -OCH3 is 1. The molecule has 0 aromatic carbocycles. The van der Waals surface area contributed by atoms with Crippen molar-refractivity contribution in [2.45, 2.75) is 25.3 Å². The maximum Gasteiger partial charge on any atom is 0.308 e. The zero-order chi connectivity index (χ0) is 13.9. The van der Waals surface area contributed by atoms with Crippen molar-refractivity contribution in [1.82, 2.24) is 14.3 Å². The topological polar surface area (TPSA) is 87.7 Å². The van der Waals surface area contributed by atoms with E-state index in [0.29, 0.717) is 32.5 Å². The van der Waals surface area contributed by atoms with Crippen LogP contribution in [0, 0.1) is 5.92 Å². The Balaban J connectivity index is 1.87. The number of nitrogens with zero attached hydrogens (tertiary/aromatic N) is 1. The molecular formula is C11H21N3O4S. The van der Waals surface area contributed by atoms with E-state index >= 15 is 0 Å². The molecule has 0 radical (unpaired) electrons. The molecule has 0 aliphatic carbocycles. The van der Waals surface area contributed by atoms with Gasteiger partial charge in [-0.2, -0.15) is 17.4 Å². The van der Waals surface area contributed by atoms with Gasteiger partial charge in [0.15, 0.2) is 0 Å². The molecule has 2 heterocycles. The summed E-state index contributed by atoms with van der Waals surface area (Å²) >= 11 is 0. The minimum atomic E-state index is -3.43. The van der Waals surface area contributed by atoms with Gasteiger partial charge in [-0.15, -0.1) is 0 Å². The summed E-state index contributed by atoms with van der Waals surface area (Å²) < 4.78 is 33.1. The zero-order valence-corrected chi connectivity index (χ0v) is 11.9. The Bertz CT molecular complexity index is 412. The highest BCUT2D eigenvalue weighted by molar-refractivity contribution is 7.87. The van der Waals surface area contributed by atoms with Crippen LogP contribution in [0.1, 0.15) is 19.3 Å². The number of piperidine rings is 1. The Morgan fingerprint density at radius 1 is 1.32 bits per heavy atom. The van der Waals surface area contributed by atoms with Crippen LogP contribution in [-0.2, 0) is 19.7 Å². The first-order valence-corrected chi connectivity index (χ1v) is 8.03. The van der Waals surface area contributed by atoms with Gasteiger partial charge in [0.1, 0.15) is 0 Å². The molecule has 2 saturated heterocycles. The molecule has 7 nitrogen and oxygen atoms in total. The van der Waals surface area contributed by atoms with Gasteiger partial charge in [0.05, 0.1) is 13.0 Å². The van der Waals surface area contributed by atoms with E-state index in [1.54, 1.807) is 0 Å². The van der Waals surface area contributed by atoms with E-state index in [1.165, 1.54) is 11.4 Å². The average molecular weight is 291 g/mol. The zero-order valence-electron chi connectivity index (χ0n) is 11.1. The van der Waals surface area contributed by atoms with E-state index in [-0.39, 0.29) is 17.9 Å². The molecule has 2 N–H and O–H groups in total. The highest BCUT2D eigenvalue weighted by Gasteiger charge is 2.33. The van der Waals surface area contributed by atoms with Crippen LogP contribution in [0.3, 0.4) is 0 Å². The second-order valence-electron chi connectivity index (χ2n) is 5.01. The number of carbonyl (C=O) groups is 1. The lowest BCUT2D eigenvalue weighted by Gasteiger charge is -2.30. The van der Waals surface area contributed by atoms with E-state index in [0.717, 1.165) is 13.0 Å². The van der Waals surface area contributed by atoms with Crippen LogP contribution in [0.4, 0.5) is 0 Å². The van der Waals surface area contributed by atoms with E-state index < -0.39 is 10.2 Å².